The van der Waals surface area contributed by atoms with Crippen molar-refractivity contribution in [3.05, 3.63) is 42.0 Å². The smallest absolute Gasteiger partial charge is 0.227 e. The van der Waals surface area contributed by atoms with Crippen molar-refractivity contribution >= 4 is 11.1 Å². The van der Waals surface area contributed by atoms with Crippen LogP contribution in [0, 0.1) is 0 Å². The van der Waals surface area contributed by atoms with Gasteiger partial charge in [-0.1, -0.05) is 18.6 Å². The number of aromatic nitrogens is 1. The van der Waals surface area contributed by atoms with E-state index in [0.29, 0.717) is 18.2 Å². The minimum absolute atomic E-state index is 0.202. The van der Waals surface area contributed by atoms with Gasteiger partial charge in [0.1, 0.15) is 5.52 Å². The first-order valence-corrected chi connectivity index (χ1v) is 8.73. The first-order chi connectivity index (χ1) is 12.2. The van der Waals surface area contributed by atoms with Crippen LogP contribution in [0.2, 0.25) is 0 Å². The van der Waals surface area contributed by atoms with Crippen LogP contribution in [0.3, 0.4) is 0 Å². The van der Waals surface area contributed by atoms with Gasteiger partial charge in [-0.3, -0.25) is 4.90 Å². The lowest BCUT2D eigenvalue weighted by molar-refractivity contribution is 0.218. The number of piperidine rings is 1. The third-order valence-corrected chi connectivity index (χ3v) is 4.76. The second-order valence-corrected chi connectivity index (χ2v) is 6.51. The number of aromatic hydroxyl groups is 1. The Labute approximate surface area is 146 Å². The van der Waals surface area contributed by atoms with Crippen LogP contribution >= 0.6 is 0 Å². The number of phenolic OH excluding ortho intramolecular Hbond substituents is 1. The van der Waals surface area contributed by atoms with E-state index in [4.69, 9.17) is 9.15 Å². The fraction of sp³-hybridized carbons (Fsp3) is 0.350. The van der Waals surface area contributed by atoms with E-state index in [-0.39, 0.29) is 5.75 Å². The van der Waals surface area contributed by atoms with Crippen molar-refractivity contribution < 1.29 is 14.3 Å². The van der Waals surface area contributed by atoms with E-state index >= 15 is 0 Å². The van der Waals surface area contributed by atoms with E-state index in [0.717, 1.165) is 35.3 Å². The van der Waals surface area contributed by atoms with E-state index in [1.54, 1.807) is 13.2 Å². The third kappa shape index (κ3) is 3.20. The zero-order valence-corrected chi connectivity index (χ0v) is 14.4. The van der Waals surface area contributed by atoms with Crippen molar-refractivity contribution in [1.82, 2.24) is 9.88 Å². The normalized spacial score (nSPS) is 15.6. The van der Waals surface area contributed by atoms with Crippen LogP contribution in [-0.2, 0) is 6.54 Å². The van der Waals surface area contributed by atoms with Crippen molar-refractivity contribution in [2.75, 3.05) is 20.2 Å². The molecule has 1 aliphatic heterocycles. The van der Waals surface area contributed by atoms with Gasteiger partial charge in [0.05, 0.1) is 7.11 Å². The molecule has 25 heavy (non-hydrogen) atoms. The first-order valence-electron chi connectivity index (χ1n) is 8.73. The Balaban J connectivity index is 1.72. The first kappa shape index (κ1) is 16.0. The quantitative estimate of drug-likeness (QED) is 0.773. The number of nitrogens with zero attached hydrogens (tertiary/aromatic N) is 2. The van der Waals surface area contributed by atoms with Crippen LogP contribution in [0.15, 0.2) is 40.8 Å². The molecular weight excluding hydrogens is 316 g/mol. The standard InChI is InChI=1S/C20H22N2O3/c1-24-18-12-14(20-21-16-7-3-4-8-17(16)25-20)11-15(19(18)23)13-22-9-5-2-6-10-22/h3-4,7-8,11-12,23H,2,5-6,9-10,13H2,1H3. The highest BCUT2D eigenvalue weighted by Gasteiger charge is 2.18. The lowest BCUT2D eigenvalue weighted by atomic mass is 10.1. The summed E-state index contributed by atoms with van der Waals surface area (Å²) < 4.78 is 11.2. The van der Waals surface area contributed by atoms with E-state index in [2.05, 4.69) is 9.88 Å². The second-order valence-electron chi connectivity index (χ2n) is 6.51. The second kappa shape index (κ2) is 6.76. The summed E-state index contributed by atoms with van der Waals surface area (Å²) >= 11 is 0. The van der Waals surface area contributed by atoms with E-state index < -0.39 is 0 Å². The third-order valence-electron chi connectivity index (χ3n) is 4.76. The van der Waals surface area contributed by atoms with E-state index in [1.165, 1.54) is 19.3 Å². The molecule has 1 saturated heterocycles. The molecule has 0 amide bonds. The Morgan fingerprint density at radius 2 is 1.96 bits per heavy atom. The fourth-order valence-electron chi connectivity index (χ4n) is 3.42. The number of para-hydroxylation sites is 2. The monoisotopic (exact) mass is 338 g/mol. The number of oxazole rings is 1. The van der Waals surface area contributed by atoms with Gasteiger partial charge in [-0.15, -0.1) is 0 Å². The van der Waals surface area contributed by atoms with Crippen molar-refractivity contribution in [2.45, 2.75) is 25.8 Å². The number of rotatable bonds is 4. The Kier molecular flexibility index (Phi) is 4.32. The zero-order valence-electron chi connectivity index (χ0n) is 14.4. The predicted molar refractivity (Wildman–Crippen MR) is 96.8 cm³/mol. The summed E-state index contributed by atoms with van der Waals surface area (Å²) in [5.41, 5.74) is 3.24. The number of likely N-dealkylation sites (tertiary alicyclic amines) is 1. The SMILES string of the molecule is COc1cc(-c2nc3ccccc3o2)cc(CN2CCCCC2)c1O. The van der Waals surface area contributed by atoms with Gasteiger partial charge in [0.15, 0.2) is 17.1 Å². The molecule has 0 saturated carbocycles. The van der Waals surface area contributed by atoms with Gasteiger partial charge in [0.2, 0.25) is 5.89 Å². The van der Waals surface area contributed by atoms with Crippen molar-refractivity contribution in [1.29, 1.82) is 0 Å². The summed E-state index contributed by atoms with van der Waals surface area (Å²) in [6.07, 6.45) is 3.71. The lowest BCUT2D eigenvalue weighted by Gasteiger charge is -2.27. The minimum atomic E-state index is 0.202. The zero-order chi connectivity index (χ0) is 17.2. The number of ether oxygens (including phenoxy) is 1. The largest absolute Gasteiger partial charge is 0.504 e. The van der Waals surface area contributed by atoms with E-state index in [1.807, 2.05) is 30.3 Å². The minimum Gasteiger partial charge on any atom is -0.504 e. The summed E-state index contributed by atoms with van der Waals surface area (Å²) in [6, 6.07) is 11.4. The molecule has 2 aromatic carbocycles. The van der Waals surface area contributed by atoms with Gasteiger partial charge < -0.3 is 14.3 Å². The maximum atomic E-state index is 10.5. The number of fused-ring (bicyclic) bond motifs is 1. The van der Waals surface area contributed by atoms with Gasteiger partial charge in [-0.25, -0.2) is 4.98 Å². The van der Waals surface area contributed by atoms with Crippen LogP contribution < -0.4 is 4.74 Å². The molecule has 5 nitrogen and oxygen atoms in total. The molecule has 0 spiro atoms. The molecule has 2 heterocycles. The molecule has 0 unspecified atom stereocenters. The number of benzene rings is 2. The van der Waals surface area contributed by atoms with Crippen LogP contribution in [0.4, 0.5) is 0 Å². The number of phenols is 1. The molecule has 0 aliphatic carbocycles. The molecule has 0 bridgehead atoms. The highest BCUT2D eigenvalue weighted by Crippen LogP contribution is 2.37. The molecule has 130 valence electrons. The Morgan fingerprint density at radius 1 is 1.16 bits per heavy atom. The van der Waals surface area contributed by atoms with Gasteiger partial charge in [-0.2, -0.15) is 0 Å². The Morgan fingerprint density at radius 3 is 2.72 bits per heavy atom. The topological polar surface area (TPSA) is 58.7 Å². The molecule has 1 fully saturated rings. The number of hydrogen-bond donors (Lipinski definition) is 1. The maximum Gasteiger partial charge on any atom is 0.227 e. The fourth-order valence-corrected chi connectivity index (χ4v) is 3.42. The molecule has 1 N–H and O–H groups in total. The molecule has 4 rings (SSSR count). The molecule has 1 aromatic heterocycles. The van der Waals surface area contributed by atoms with Crippen LogP contribution in [0.25, 0.3) is 22.6 Å². The summed E-state index contributed by atoms with van der Waals surface area (Å²) in [7, 11) is 1.57. The molecular formula is C20H22N2O3. The molecule has 3 aromatic rings. The van der Waals surface area contributed by atoms with Crippen molar-refractivity contribution in [3.8, 4) is 23.0 Å². The van der Waals surface area contributed by atoms with Crippen LogP contribution in [-0.4, -0.2) is 35.2 Å². The average molecular weight is 338 g/mol. The molecule has 1 aliphatic rings. The van der Waals surface area contributed by atoms with Gasteiger partial charge >= 0.3 is 0 Å². The summed E-state index contributed by atoms with van der Waals surface area (Å²) in [4.78, 5) is 6.93. The predicted octanol–water partition coefficient (Wildman–Crippen LogP) is 4.19. The van der Waals surface area contributed by atoms with Gasteiger partial charge in [0.25, 0.3) is 0 Å². The van der Waals surface area contributed by atoms with Crippen LogP contribution in [0.5, 0.6) is 11.5 Å². The van der Waals surface area contributed by atoms with Crippen molar-refractivity contribution in [2.24, 2.45) is 0 Å². The summed E-state index contributed by atoms with van der Waals surface area (Å²) in [5.74, 6) is 1.19. The summed E-state index contributed by atoms with van der Waals surface area (Å²) in [6.45, 7) is 2.83. The maximum absolute atomic E-state index is 10.5. The van der Waals surface area contributed by atoms with Gasteiger partial charge in [-0.05, 0) is 50.2 Å². The Hall–Kier alpha value is -2.53. The van der Waals surface area contributed by atoms with Crippen molar-refractivity contribution in [3.63, 3.8) is 0 Å². The van der Waals surface area contributed by atoms with Gasteiger partial charge in [0, 0.05) is 17.7 Å². The van der Waals surface area contributed by atoms with Crippen LogP contribution in [0.1, 0.15) is 24.8 Å². The molecule has 0 atom stereocenters. The number of methoxy groups -OCH3 is 1. The highest BCUT2D eigenvalue weighted by atomic mass is 16.5. The number of hydrogen-bond acceptors (Lipinski definition) is 5. The van der Waals surface area contributed by atoms with E-state index in [9.17, 15) is 5.11 Å². The highest BCUT2D eigenvalue weighted by molar-refractivity contribution is 5.76. The summed E-state index contributed by atoms with van der Waals surface area (Å²) in [5, 5.41) is 10.5. The Bertz CT molecular complexity index is 849. The molecule has 0 radical (unpaired) electrons. The lowest BCUT2D eigenvalue weighted by Crippen LogP contribution is -2.29. The molecule has 5 heteroatoms. The average Bonchev–Trinajstić information content (AvgIpc) is 3.08.